The van der Waals surface area contributed by atoms with Crippen LogP contribution in [0.1, 0.15) is 39.5 Å². The molecule has 0 bridgehead atoms. The van der Waals surface area contributed by atoms with Gasteiger partial charge in [-0.1, -0.05) is 0 Å². The summed E-state index contributed by atoms with van der Waals surface area (Å²) in [7, 11) is 0. The maximum atomic E-state index is 12.3. The van der Waals surface area contributed by atoms with Gasteiger partial charge in [0, 0.05) is 25.6 Å². The zero-order valence-corrected chi connectivity index (χ0v) is 12.7. The van der Waals surface area contributed by atoms with Gasteiger partial charge in [-0.3, -0.25) is 4.79 Å². The molecule has 0 aliphatic carbocycles. The molecule has 2 fully saturated rings. The lowest BCUT2D eigenvalue weighted by atomic mass is 9.92. The first-order valence-corrected chi connectivity index (χ1v) is 7.85. The van der Waals surface area contributed by atoms with E-state index in [0.29, 0.717) is 31.3 Å². The normalized spacial score (nSPS) is 29.9. The zero-order chi connectivity index (χ0) is 14.7. The number of aliphatic hydroxyl groups excluding tert-OH is 2. The Morgan fingerprint density at radius 1 is 1.10 bits per heavy atom. The van der Waals surface area contributed by atoms with Crippen molar-refractivity contribution in [1.82, 2.24) is 9.80 Å². The molecule has 0 unspecified atom stereocenters. The molecule has 2 aliphatic rings. The Morgan fingerprint density at radius 2 is 1.75 bits per heavy atom. The minimum absolute atomic E-state index is 0.138. The molecular weight excluding hydrogens is 256 g/mol. The third-order valence-electron chi connectivity index (χ3n) is 4.74. The van der Waals surface area contributed by atoms with Crippen molar-refractivity contribution in [1.29, 1.82) is 0 Å². The van der Waals surface area contributed by atoms with Crippen LogP contribution >= 0.6 is 0 Å². The van der Waals surface area contributed by atoms with Gasteiger partial charge >= 0.3 is 0 Å². The van der Waals surface area contributed by atoms with Gasteiger partial charge in [-0.2, -0.15) is 0 Å². The minimum atomic E-state index is -0.782. The third-order valence-corrected chi connectivity index (χ3v) is 4.74. The van der Waals surface area contributed by atoms with Crippen molar-refractivity contribution >= 4 is 5.91 Å². The second-order valence-corrected chi connectivity index (χ2v) is 6.54. The highest BCUT2D eigenvalue weighted by atomic mass is 16.3. The molecule has 2 aliphatic heterocycles. The van der Waals surface area contributed by atoms with Gasteiger partial charge in [0.2, 0.25) is 5.91 Å². The first-order valence-electron chi connectivity index (χ1n) is 7.85. The molecule has 0 aromatic carbocycles. The molecule has 2 saturated heterocycles. The summed E-state index contributed by atoms with van der Waals surface area (Å²) < 4.78 is 0. The summed E-state index contributed by atoms with van der Waals surface area (Å²) in [4.78, 5) is 16.4. The summed E-state index contributed by atoms with van der Waals surface area (Å²) in [5.74, 6) is 0.612. The highest BCUT2D eigenvalue weighted by Crippen LogP contribution is 2.23. The lowest BCUT2D eigenvalue weighted by Crippen LogP contribution is -2.49. The maximum Gasteiger partial charge on any atom is 0.222 e. The fourth-order valence-corrected chi connectivity index (χ4v) is 3.20. The summed E-state index contributed by atoms with van der Waals surface area (Å²) in [6.45, 7) is 7.44. The molecule has 2 N–H and O–H groups in total. The number of rotatable bonds is 3. The lowest BCUT2D eigenvalue weighted by molar-refractivity contribution is -0.139. The molecule has 5 heteroatoms. The van der Waals surface area contributed by atoms with Gasteiger partial charge in [0.15, 0.2) is 0 Å². The van der Waals surface area contributed by atoms with Crippen LogP contribution in [-0.4, -0.2) is 70.3 Å². The molecule has 5 nitrogen and oxygen atoms in total. The Kier molecular flexibility index (Phi) is 5.41. The molecule has 0 aromatic heterocycles. The van der Waals surface area contributed by atoms with E-state index < -0.39 is 12.2 Å². The monoisotopic (exact) mass is 284 g/mol. The quantitative estimate of drug-likeness (QED) is 0.790. The van der Waals surface area contributed by atoms with Crippen LogP contribution in [0, 0.1) is 5.92 Å². The van der Waals surface area contributed by atoms with E-state index in [-0.39, 0.29) is 12.5 Å². The van der Waals surface area contributed by atoms with E-state index in [1.54, 1.807) is 4.90 Å². The van der Waals surface area contributed by atoms with E-state index in [2.05, 4.69) is 18.7 Å². The van der Waals surface area contributed by atoms with E-state index in [9.17, 15) is 15.0 Å². The molecule has 0 spiro atoms. The van der Waals surface area contributed by atoms with Crippen LogP contribution < -0.4 is 0 Å². The molecule has 20 heavy (non-hydrogen) atoms. The molecule has 2 atom stereocenters. The van der Waals surface area contributed by atoms with Crippen molar-refractivity contribution in [2.24, 2.45) is 5.92 Å². The molecule has 0 saturated carbocycles. The largest absolute Gasteiger partial charge is 0.390 e. The fraction of sp³-hybridized carbons (Fsp3) is 0.933. The summed E-state index contributed by atoms with van der Waals surface area (Å²) in [6.07, 6.45) is 1.79. The van der Waals surface area contributed by atoms with Gasteiger partial charge in [-0.15, -0.1) is 0 Å². The number of carbonyl (C=O) groups excluding carboxylic acids is 1. The second kappa shape index (κ2) is 6.87. The topological polar surface area (TPSA) is 64.0 Å². The molecule has 0 aromatic rings. The average molecular weight is 284 g/mol. The van der Waals surface area contributed by atoms with Gasteiger partial charge in [-0.05, 0) is 52.1 Å². The van der Waals surface area contributed by atoms with Crippen molar-refractivity contribution in [3.63, 3.8) is 0 Å². The standard InChI is InChI=1S/C15H28N2O3/c1-11(2)16-6-3-12(4-7-16)9-15(20)17-8-5-13(18)14(19)10-17/h11-14,18-19H,3-10H2,1-2H3/t13-,14+/m0/s1. The van der Waals surface area contributed by atoms with Crippen LogP contribution in [0.4, 0.5) is 0 Å². The molecular formula is C15H28N2O3. The second-order valence-electron chi connectivity index (χ2n) is 6.54. The van der Waals surface area contributed by atoms with E-state index in [1.807, 2.05) is 0 Å². The van der Waals surface area contributed by atoms with Gasteiger partial charge in [0.25, 0.3) is 0 Å². The molecule has 0 radical (unpaired) electrons. The first kappa shape index (κ1) is 15.7. The summed E-state index contributed by atoms with van der Waals surface area (Å²) >= 11 is 0. The molecule has 116 valence electrons. The zero-order valence-electron chi connectivity index (χ0n) is 12.7. The highest BCUT2D eigenvalue weighted by molar-refractivity contribution is 5.76. The molecule has 2 rings (SSSR count). The van der Waals surface area contributed by atoms with Crippen LogP contribution in [0.15, 0.2) is 0 Å². The maximum absolute atomic E-state index is 12.3. The molecule has 2 heterocycles. The van der Waals surface area contributed by atoms with Crippen molar-refractivity contribution in [3.05, 3.63) is 0 Å². The Balaban J connectivity index is 1.75. The van der Waals surface area contributed by atoms with Gasteiger partial charge < -0.3 is 20.0 Å². The number of aliphatic hydroxyl groups is 2. The Hall–Kier alpha value is -0.650. The van der Waals surface area contributed by atoms with Crippen LogP contribution in [0.25, 0.3) is 0 Å². The van der Waals surface area contributed by atoms with Crippen molar-refractivity contribution in [3.8, 4) is 0 Å². The van der Waals surface area contributed by atoms with E-state index in [0.717, 1.165) is 25.9 Å². The van der Waals surface area contributed by atoms with Gasteiger partial charge in [0.05, 0.1) is 12.2 Å². The average Bonchev–Trinajstić information content (AvgIpc) is 2.42. The van der Waals surface area contributed by atoms with Crippen molar-refractivity contribution < 1.29 is 15.0 Å². The number of carbonyl (C=O) groups is 1. The number of nitrogens with zero attached hydrogens (tertiary/aromatic N) is 2. The van der Waals surface area contributed by atoms with E-state index in [1.165, 1.54) is 0 Å². The number of likely N-dealkylation sites (tertiary alicyclic amines) is 2. The first-order chi connectivity index (χ1) is 9.47. The van der Waals surface area contributed by atoms with Gasteiger partial charge in [0.1, 0.15) is 0 Å². The summed E-state index contributed by atoms with van der Waals surface area (Å²) in [5.41, 5.74) is 0. The summed E-state index contributed by atoms with van der Waals surface area (Å²) in [6, 6.07) is 0.588. The predicted molar refractivity (Wildman–Crippen MR) is 77.3 cm³/mol. The number of hydrogen-bond donors (Lipinski definition) is 2. The highest BCUT2D eigenvalue weighted by Gasteiger charge is 2.30. The minimum Gasteiger partial charge on any atom is -0.390 e. The van der Waals surface area contributed by atoms with Crippen molar-refractivity contribution in [2.45, 2.75) is 57.8 Å². The van der Waals surface area contributed by atoms with Crippen molar-refractivity contribution in [2.75, 3.05) is 26.2 Å². The number of β-amino-alcohol motifs (C(OH)–C–C–N with tert-alkyl or cyclic N) is 1. The Bertz CT molecular complexity index is 327. The smallest absolute Gasteiger partial charge is 0.222 e. The molecule has 1 amide bonds. The van der Waals surface area contributed by atoms with Crippen LogP contribution in [0.5, 0.6) is 0 Å². The lowest BCUT2D eigenvalue weighted by Gasteiger charge is -2.37. The Morgan fingerprint density at radius 3 is 2.30 bits per heavy atom. The van der Waals surface area contributed by atoms with Crippen LogP contribution in [0.3, 0.4) is 0 Å². The predicted octanol–water partition coefficient (Wildman–Crippen LogP) is 0.451. The fourth-order valence-electron chi connectivity index (χ4n) is 3.20. The van der Waals surface area contributed by atoms with Crippen LogP contribution in [0.2, 0.25) is 0 Å². The van der Waals surface area contributed by atoms with E-state index in [4.69, 9.17) is 0 Å². The SMILES string of the molecule is CC(C)N1CCC(CC(=O)N2CC[C@H](O)[C@H](O)C2)CC1. The van der Waals surface area contributed by atoms with Gasteiger partial charge in [-0.25, -0.2) is 0 Å². The van der Waals surface area contributed by atoms with Crippen LogP contribution in [-0.2, 0) is 4.79 Å². The third kappa shape index (κ3) is 3.93. The van der Waals surface area contributed by atoms with E-state index >= 15 is 0 Å². The summed E-state index contributed by atoms with van der Waals surface area (Å²) in [5, 5.41) is 19.1. The number of piperidine rings is 2. The Labute approximate surface area is 121 Å². The number of hydrogen-bond acceptors (Lipinski definition) is 4. The number of amides is 1.